The summed E-state index contributed by atoms with van der Waals surface area (Å²) in [4.78, 5) is 63.5. The molecule has 0 bridgehead atoms. The zero-order valence-corrected chi connectivity index (χ0v) is 35.3. The van der Waals surface area contributed by atoms with Crippen molar-refractivity contribution in [1.82, 2.24) is 43.7 Å². The Morgan fingerprint density at radius 3 is 2.44 bits per heavy atom. The Morgan fingerprint density at radius 2 is 1.73 bits per heavy atom. The SMILES string of the molecule is CN(CC1CCC(n2cc(NC(=O)c3cnn4ccc(N5CCC6(CC5)CC6)nc34)c(C(F)F)n2)CC1)C1CCN(c2cccc3c2n(C)c(=O)n3C2CCC(=O)NC2=O)CC1. The predicted octanol–water partition coefficient (Wildman–Crippen LogP) is 5.46. The number of hydrogen-bond acceptors (Lipinski definition) is 10. The second-order valence-corrected chi connectivity index (χ2v) is 18.4. The van der Waals surface area contributed by atoms with Gasteiger partial charge in [0.15, 0.2) is 11.3 Å². The lowest BCUT2D eigenvalue weighted by molar-refractivity contribution is -0.135. The van der Waals surface area contributed by atoms with E-state index in [-0.39, 0.29) is 35.3 Å². The minimum atomic E-state index is -2.86. The lowest BCUT2D eigenvalue weighted by atomic mass is 9.85. The monoisotopic (exact) mass is 852 g/mol. The van der Waals surface area contributed by atoms with Crippen molar-refractivity contribution in [3.63, 3.8) is 0 Å². The van der Waals surface area contributed by atoms with Gasteiger partial charge in [0.25, 0.3) is 12.3 Å². The normalized spacial score (nSPS) is 23.3. The van der Waals surface area contributed by atoms with Gasteiger partial charge in [0.05, 0.1) is 34.6 Å². The highest BCUT2D eigenvalue weighted by molar-refractivity contribution is 6.08. The number of amides is 3. The molecule has 1 spiro atoms. The molecule has 1 atom stereocenters. The number of anilines is 3. The third kappa shape index (κ3) is 7.42. The Morgan fingerprint density at radius 1 is 0.968 bits per heavy atom. The minimum absolute atomic E-state index is 0.00445. The lowest BCUT2D eigenvalue weighted by Crippen LogP contribution is -2.45. The van der Waals surface area contributed by atoms with E-state index in [2.05, 4.69) is 42.6 Å². The summed E-state index contributed by atoms with van der Waals surface area (Å²) in [6, 6.07) is 7.35. The van der Waals surface area contributed by atoms with E-state index in [0.717, 1.165) is 101 Å². The molecular weight excluding hydrogens is 799 g/mol. The number of hydrogen-bond donors (Lipinski definition) is 2. The molecule has 7 heterocycles. The number of para-hydroxylation sites is 1. The molecule has 3 aliphatic heterocycles. The van der Waals surface area contributed by atoms with Crippen molar-refractivity contribution < 1.29 is 23.2 Å². The number of fused-ring (bicyclic) bond motifs is 2. The van der Waals surface area contributed by atoms with Gasteiger partial charge in [-0.25, -0.2) is 23.1 Å². The Kier molecular flexibility index (Phi) is 10.4. The van der Waals surface area contributed by atoms with Crippen molar-refractivity contribution in [2.75, 3.05) is 54.9 Å². The topological polar surface area (TPSA) is 160 Å². The second-order valence-electron chi connectivity index (χ2n) is 18.4. The van der Waals surface area contributed by atoms with Gasteiger partial charge in [-0.2, -0.15) is 10.2 Å². The van der Waals surface area contributed by atoms with Crippen LogP contribution >= 0.6 is 0 Å². The molecular formula is C44H54F2N12O4. The molecule has 18 heteroatoms. The Hall–Kier alpha value is -5.65. The van der Waals surface area contributed by atoms with Crippen LogP contribution in [0.5, 0.6) is 0 Å². The van der Waals surface area contributed by atoms with Crippen LogP contribution in [-0.4, -0.2) is 102 Å². The maximum atomic E-state index is 14.4. The smallest absolute Gasteiger partial charge is 0.329 e. The molecule has 62 heavy (non-hydrogen) atoms. The van der Waals surface area contributed by atoms with Gasteiger partial charge in [-0.05, 0) is 107 Å². The number of rotatable bonds is 10. The number of nitrogens with zero attached hydrogens (tertiary/aromatic N) is 10. The Bertz CT molecular complexity index is 2580. The van der Waals surface area contributed by atoms with E-state index in [1.165, 1.54) is 23.6 Å². The average Bonchev–Trinajstić information content (AvgIpc) is 3.56. The first-order valence-electron chi connectivity index (χ1n) is 22.2. The Labute approximate surface area is 357 Å². The fourth-order valence-corrected chi connectivity index (χ4v) is 10.7. The molecule has 2 saturated carbocycles. The molecule has 5 aromatic rings. The molecule has 1 unspecified atom stereocenters. The van der Waals surface area contributed by atoms with Gasteiger partial charge in [-0.3, -0.25) is 33.5 Å². The number of aromatic nitrogens is 7. The highest BCUT2D eigenvalue weighted by Crippen LogP contribution is 2.54. The number of carbonyl (C=O) groups is 3. The summed E-state index contributed by atoms with van der Waals surface area (Å²) in [5.74, 6) is -0.0593. The average molecular weight is 853 g/mol. The molecule has 2 N–H and O–H groups in total. The molecule has 3 amide bonds. The first-order chi connectivity index (χ1) is 29.9. The van der Waals surface area contributed by atoms with E-state index in [9.17, 15) is 28.0 Å². The number of alkyl halides is 2. The highest BCUT2D eigenvalue weighted by Gasteiger charge is 2.44. The molecule has 5 fully saturated rings. The summed E-state index contributed by atoms with van der Waals surface area (Å²) < 4.78 is 35.0. The largest absolute Gasteiger partial charge is 0.370 e. The summed E-state index contributed by atoms with van der Waals surface area (Å²) in [5.41, 5.74) is 2.86. The van der Waals surface area contributed by atoms with Crippen LogP contribution in [0.1, 0.15) is 112 Å². The molecule has 328 valence electrons. The molecule has 0 radical (unpaired) electrons. The van der Waals surface area contributed by atoms with E-state index in [1.54, 1.807) is 33.2 Å². The van der Waals surface area contributed by atoms with Gasteiger partial charge in [-0.15, -0.1) is 0 Å². The maximum absolute atomic E-state index is 14.4. The van der Waals surface area contributed by atoms with Crippen molar-refractivity contribution in [3.8, 4) is 0 Å². The number of nitrogens with one attached hydrogen (secondary N) is 2. The number of imidazole rings is 1. The summed E-state index contributed by atoms with van der Waals surface area (Å²) in [6.07, 6.45) is 12.7. The first-order valence-corrected chi connectivity index (χ1v) is 22.2. The maximum Gasteiger partial charge on any atom is 0.329 e. The van der Waals surface area contributed by atoms with Crippen molar-refractivity contribution in [2.24, 2.45) is 18.4 Å². The van der Waals surface area contributed by atoms with Crippen LogP contribution in [0.4, 0.5) is 26.0 Å². The van der Waals surface area contributed by atoms with Crippen molar-refractivity contribution in [3.05, 3.63) is 64.6 Å². The second kappa shape index (κ2) is 15.9. The molecule has 10 rings (SSSR count). The number of carbonyl (C=O) groups excluding carboxylic acids is 3. The summed E-state index contributed by atoms with van der Waals surface area (Å²) >= 11 is 0. The fraction of sp³-hybridized carbons (Fsp3) is 0.568. The molecule has 3 saturated heterocycles. The number of aryl methyl sites for hydroxylation is 1. The fourth-order valence-electron chi connectivity index (χ4n) is 10.7. The van der Waals surface area contributed by atoms with Crippen LogP contribution in [0.3, 0.4) is 0 Å². The number of halogens is 2. The number of imide groups is 1. The lowest BCUT2D eigenvalue weighted by Gasteiger charge is -2.40. The van der Waals surface area contributed by atoms with E-state index >= 15 is 0 Å². The molecule has 1 aromatic carbocycles. The van der Waals surface area contributed by atoms with Crippen molar-refractivity contribution in [1.29, 1.82) is 0 Å². The van der Waals surface area contributed by atoms with Gasteiger partial charge in [0, 0.05) is 64.6 Å². The number of benzene rings is 1. The summed E-state index contributed by atoms with van der Waals surface area (Å²) in [5, 5.41) is 13.7. The van der Waals surface area contributed by atoms with E-state index in [1.807, 2.05) is 24.3 Å². The first kappa shape index (κ1) is 40.4. The zero-order chi connectivity index (χ0) is 42.9. The van der Waals surface area contributed by atoms with E-state index in [0.29, 0.717) is 35.0 Å². The third-order valence-corrected chi connectivity index (χ3v) is 14.7. The van der Waals surface area contributed by atoms with Gasteiger partial charge < -0.3 is 20.0 Å². The standard InChI is InChI=1S/C44H54F2N12O4/c1-52(28-12-19-54(20-13-28)32-4-3-5-33-38(32)53(2)43(62)58(33)34-10-11-36(59)50-42(34)61)25-27-6-8-29(9-7-27)57-26-31(37(51-57)39(45)46)48-41(60)30-24-47-56-21-14-35(49-40(30)56)55-22-17-44(15-16-44)18-23-55/h3-5,14,21,24,26-29,34,39H,6-13,15-20,22-23,25H2,1-2H3,(H,48,60)(H,50,59,61). The van der Waals surface area contributed by atoms with Gasteiger partial charge in [0.2, 0.25) is 11.8 Å². The quantitative estimate of drug-likeness (QED) is 0.173. The summed E-state index contributed by atoms with van der Waals surface area (Å²) in [7, 11) is 3.92. The van der Waals surface area contributed by atoms with Crippen LogP contribution in [0, 0.1) is 11.3 Å². The highest BCUT2D eigenvalue weighted by atomic mass is 19.3. The summed E-state index contributed by atoms with van der Waals surface area (Å²) in [6.45, 7) is 4.42. The van der Waals surface area contributed by atoms with Crippen molar-refractivity contribution in [2.45, 2.75) is 102 Å². The van der Waals surface area contributed by atoms with Crippen LogP contribution in [0.2, 0.25) is 0 Å². The van der Waals surface area contributed by atoms with Gasteiger partial charge >= 0.3 is 5.69 Å². The minimum Gasteiger partial charge on any atom is -0.370 e. The van der Waals surface area contributed by atoms with Crippen molar-refractivity contribution >= 4 is 51.6 Å². The van der Waals surface area contributed by atoms with E-state index in [4.69, 9.17) is 4.98 Å². The molecule has 4 aromatic heterocycles. The number of piperidine rings is 3. The van der Waals surface area contributed by atoms with Crippen LogP contribution in [-0.2, 0) is 16.6 Å². The van der Waals surface area contributed by atoms with Crippen LogP contribution < -0.4 is 26.1 Å². The van der Waals surface area contributed by atoms with Crippen LogP contribution in [0.25, 0.3) is 16.7 Å². The Balaban J connectivity index is 0.743. The van der Waals surface area contributed by atoms with Crippen LogP contribution in [0.15, 0.2) is 47.7 Å². The van der Waals surface area contributed by atoms with E-state index < -0.39 is 30.0 Å². The predicted molar refractivity (Wildman–Crippen MR) is 229 cm³/mol. The zero-order valence-electron chi connectivity index (χ0n) is 35.3. The molecule has 5 aliphatic rings. The van der Waals surface area contributed by atoms with Gasteiger partial charge in [-0.1, -0.05) is 6.07 Å². The van der Waals surface area contributed by atoms with Gasteiger partial charge in [0.1, 0.15) is 17.4 Å². The molecule has 2 aliphatic carbocycles. The molecule has 16 nitrogen and oxygen atoms in total. The third-order valence-electron chi connectivity index (χ3n) is 14.7.